The standard InChI is InChI=1S/C16H16ClN3O2S2/c1-2-20-15-8-7-12(24(18,21)22)9-14(15)19-16(20)23-10-11-5-3-4-6-13(11)17/h3-9H,2,10H2,1H3,(H2,18,21,22). The Morgan fingerprint density at radius 3 is 2.67 bits per heavy atom. The molecule has 0 amide bonds. The highest BCUT2D eigenvalue weighted by Crippen LogP contribution is 2.29. The first kappa shape index (κ1) is 17.3. The number of hydrogen-bond donors (Lipinski definition) is 1. The van der Waals surface area contributed by atoms with Crippen LogP contribution in [0.4, 0.5) is 0 Å². The molecule has 0 aliphatic rings. The summed E-state index contributed by atoms with van der Waals surface area (Å²) in [6, 6.07) is 12.4. The number of aromatic nitrogens is 2. The molecule has 0 spiro atoms. The number of imidazole rings is 1. The maximum Gasteiger partial charge on any atom is 0.238 e. The van der Waals surface area contributed by atoms with E-state index in [1.165, 1.54) is 12.1 Å². The molecule has 0 saturated heterocycles. The number of aryl methyl sites for hydroxylation is 1. The Kier molecular flexibility index (Phi) is 4.87. The fourth-order valence-electron chi connectivity index (χ4n) is 2.44. The maximum atomic E-state index is 11.5. The summed E-state index contributed by atoms with van der Waals surface area (Å²) in [5.41, 5.74) is 2.53. The van der Waals surface area contributed by atoms with Crippen LogP contribution in [0, 0.1) is 0 Å². The highest BCUT2D eigenvalue weighted by molar-refractivity contribution is 7.98. The van der Waals surface area contributed by atoms with Crippen LogP contribution >= 0.6 is 23.4 Å². The number of thioether (sulfide) groups is 1. The fraction of sp³-hybridized carbons (Fsp3) is 0.188. The van der Waals surface area contributed by atoms with E-state index in [-0.39, 0.29) is 4.90 Å². The summed E-state index contributed by atoms with van der Waals surface area (Å²) in [5, 5.41) is 6.74. The Morgan fingerprint density at radius 1 is 1.25 bits per heavy atom. The Balaban J connectivity index is 1.97. The number of hydrogen-bond acceptors (Lipinski definition) is 4. The summed E-state index contributed by atoms with van der Waals surface area (Å²) in [7, 11) is -3.74. The highest BCUT2D eigenvalue weighted by atomic mass is 35.5. The lowest BCUT2D eigenvalue weighted by atomic mass is 10.2. The van der Waals surface area contributed by atoms with Crippen LogP contribution in [0.25, 0.3) is 11.0 Å². The molecule has 0 aliphatic heterocycles. The van der Waals surface area contributed by atoms with Crippen LogP contribution < -0.4 is 5.14 Å². The minimum atomic E-state index is -3.74. The van der Waals surface area contributed by atoms with Crippen LogP contribution in [0.2, 0.25) is 5.02 Å². The zero-order valence-electron chi connectivity index (χ0n) is 12.9. The molecule has 3 rings (SSSR count). The summed E-state index contributed by atoms with van der Waals surface area (Å²) < 4.78 is 25.1. The van der Waals surface area contributed by atoms with Gasteiger partial charge in [0.25, 0.3) is 0 Å². The lowest BCUT2D eigenvalue weighted by Gasteiger charge is -2.06. The van der Waals surface area contributed by atoms with Crippen molar-refractivity contribution in [2.24, 2.45) is 5.14 Å². The van der Waals surface area contributed by atoms with E-state index in [2.05, 4.69) is 4.98 Å². The molecule has 0 fully saturated rings. The van der Waals surface area contributed by atoms with Gasteiger partial charge in [0.2, 0.25) is 10.0 Å². The van der Waals surface area contributed by atoms with Gasteiger partial charge in [-0.25, -0.2) is 18.5 Å². The van der Waals surface area contributed by atoms with E-state index in [0.29, 0.717) is 11.3 Å². The minimum Gasteiger partial charge on any atom is -0.319 e. The second kappa shape index (κ2) is 6.76. The fourth-order valence-corrected chi connectivity index (χ4v) is 4.34. The van der Waals surface area contributed by atoms with E-state index in [1.54, 1.807) is 17.8 Å². The smallest absolute Gasteiger partial charge is 0.238 e. The molecule has 0 bridgehead atoms. The third-order valence-corrected chi connectivity index (χ3v) is 5.95. The van der Waals surface area contributed by atoms with Crippen molar-refractivity contribution in [1.29, 1.82) is 0 Å². The first-order valence-corrected chi connectivity index (χ1v) is 10.2. The predicted octanol–water partition coefficient (Wildman–Crippen LogP) is 3.65. The molecule has 0 atom stereocenters. The number of nitrogens with zero attached hydrogens (tertiary/aromatic N) is 2. The number of rotatable bonds is 5. The van der Waals surface area contributed by atoms with Crippen molar-refractivity contribution in [1.82, 2.24) is 9.55 Å². The monoisotopic (exact) mass is 381 g/mol. The van der Waals surface area contributed by atoms with Gasteiger partial charge in [0.05, 0.1) is 15.9 Å². The van der Waals surface area contributed by atoms with Gasteiger partial charge < -0.3 is 4.57 Å². The van der Waals surface area contributed by atoms with Gasteiger partial charge in [0.1, 0.15) is 0 Å². The van der Waals surface area contributed by atoms with Crippen molar-refractivity contribution in [3.63, 3.8) is 0 Å². The second-order valence-corrected chi connectivity index (χ2v) is 8.13. The number of sulfonamides is 1. The first-order valence-electron chi connectivity index (χ1n) is 7.29. The van der Waals surface area contributed by atoms with E-state index in [0.717, 1.165) is 27.8 Å². The number of nitrogens with two attached hydrogens (primary N) is 1. The molecule has 2 aromatic carbocycles. The molecule has 24 heavy (non-hydrogen) atoms. The number of halogens is 1. The van der Waals surface area contributed by atoms with Gasteiger partial charge >= 0.3 is 0 Å². The summed E-state index contributed by atoms with van der Waals surface area (Å²) >= 11 is 7.76. The summed E-state index contributed by atoms with van der Waals surface area (Å²) in [6.45, 7) is 2.75. The van der Waals surface area contributed by atoms with Gasteiger partial charge in [-0.3, -0.25) is 0 Å². The van der Waals surface area contributed by atoms with Crippen molar-refractivity contribution >= 4 is 44.4 Å². The minimum absolute atomic E-state index is 0.0680. The van der Waals surface area contributed by atoms with E-state index in [9.17, 15) is 8.42 Å². The Labute approximate surface area is 149 Å². The quantitative estimate of drug-likeness (QED) is 0.684. The summed E-state index contributed by atoms with van der Waals surface area (Å²) in [4.78, 5) is 4.63. The van der Waals surface area contributed by atoms with Crippen molar-refractivity contribution in [3.05, 3.63) is 53.1 Å². The number of benzene rings is 2. The van der Waals surface area contributed by atoms with E-state index in [1.807, 2.05) is 35.8 Å². The van der Waals surface area contributed by atoms with E-state index >= 15 is 0 Å². The SMILES string of the molecule is CCn1c(SCc2ccccc2Cl)nc2cc(S(N)(=O)=O)ccc21. The van der Waals surface area contributed by atoms with Crippen LogP contribution in [-0.2, 0) is 22.3 Å². The van der Waals surface area contributed by atoms with Crippen molar-refractivity contribution in [2.75, 3.05) is 0 Å². The third kappa shape index (κ3) is 3.44. The Morgan fingerprint density at radius 2 is 2.00 bits per heavy atom. The average molecular weight is 382 g/mol. The molecule has 1 aromatic heterocycles. The maximum absolute atomic E-state index is 11.5. The zero-order valence-corrected chi connectivity index (χ0v) is 15.3. The molecular formula is C16H16ClN3O2S2. The van der Waals surface area contributed by atoms with E-state index in [4.69, 9.17) is 16.7 Å². The molecule has 5 nitrogen and oxygen atoms in total. The molecule has 0 saturated carbocycles. The number of fused-ring (bicyclic) bond motifs is 1. The lowest BCUT2D eigenvalue weighted by Crippen LogP contribution is -2.11. The van der Waals surface area contributed by atoms with Crippen LogP contribution in [0.15, 0.2) is 52.5 Å². The molecule has 3 aromatic rings. The highest BCUT2D eigenvalue weighted by Gasteiger charge is 2.14. The van der Waals surface area contributed by atoms with Gasteiger partial charge in [-0.2, -0.15) is 0 Å². The summed E-state index contributed by atoms with van der Waals surface area (Å²) in [6.07, 6.45) is 0. The normalized spacial score (nSPS) is 12.0. The second-order valence-electron chi connectivity index (χ2n) is 5.21. The first-order chi connectivity index (χ1) is 11.4. The molecule has 8 heteroatoms. The van der Waals surface area contributed by atoms with Crippen LogP contribution in [0.5, 0.6) is 0 Å². The van der Waals surface area contributed by atoms with E-state index < -0.39 is 10.0 Å². The molecule has 2 N–H and O–H groups in total. The van der Waals surface area contributed by atoms with Gasteiger partial charge in [-0.15, -0.1) is 0 Å². The number of primary sulfonamides is 1. The van der Waals surface area contributed by atoms with Crippen LogP contribution in [-0.4, -0.2) is 18.0 Å². The topological polar surface area (TPSA) is 78.0 Å². The molecular weight excluding hydrogens is 366 g/mol. The molecule has 1 heterocycles. The predicted molar refractivity (Wildman–Crippen MR) is 97.8 cm³/mol. The van der Waals surface area contributed by atoms with Crippen molar-refractivity contribution in [2.45, 2.75) is 29.3 Å². The van der Waals surface area contributed by atoms with Gasteiger partial charge in [0.15, 0.2) is 5.16 Å². The van der Waals surface area contributed by atoms with Crippen molar-refractivity contribution < 1.29 is 8.42 Å². The zero-order chi connectivity index (χ0) is 17.3. The van der Waals surface area contributed by atoms with Crippen molar-refractivity contribution in [3.8, 4) is 0 Å². The Bertz CT molecular complexity index is 1000. The molecule has 0 radical (unpaired) electrons. The van der Waals surface area contributed by atoms with Gasteiger partial charge in [-0.05, 0) is 36.8 Å². The summed E-state index contributed by atoms with van der Waals surface area (Å²) in [5.74, 6) is 0.686. The van der Waals surface area contributed by atoms with Crippen LogP contribution in [0.1, 0.15) is 12.5 Å². The largest absolute Gasteiger partial charge is 0.319 e. The van der Waals surface area contributed by atoms with Gasteiger partial charge in [-0.1, -0.05) is 41.6 Å². The Hall–Kier alpha value is -1.54. The molecule has 0 unspecified atom stereocenters. The molecule has 0 aliphatic carbocycles. The van der Waals surface area contributed by atoms with Crippen LogP contribution in [0.3, 0.4) is 0 Å². The van der Waals surface area contributed by atoms with Gasteiger partial charge in [0, 0.05) is 17.3 Å². The lowest BCUT2D eigenvalue weighted by molar-refractivity contribution is 0.598. The third-order valence-electron chi connectivity index (χ3n) is 3.64. The average Bonchev–Trinajstić information content (AvgIpc) is 2.89. The molecule has 126 valence electrons.